The van der Waals surface area contributed by atoms with Gasteiger partial charge in [-0.3, -0.25) is 4.98 Å². The van der Waals surface area contributed by atoms with Crippen molar-refractivity contribution in [3.8, 4) is 0 Å². The molecular formula is C12H11ClN2O2S. The van der Waals surface area contributed by atoms with Crippen molar-refractivity contribution in [2.75, 3.05) is 5.73 Å². The predicted molar refractivity (Wildman–Crippen MR) is 71.0 cm³/mol. The summed E-state index contributed by atoms with van der Waals surface area (Å²) >= 11 is 5.74. The van der Waals surface area contributed by atoms with E-state index < -0.39 is 9.84 Å². The number of benzene rings is 1. The summed E-state index contributed by atoms with van der Waals surface area (Å²) in [5.74, 6) is -0.110. The van der Waals surface area contributed by atoms with Crippen LogP contribution in [0.4, 0.5) is 5.69 Å². The van der Waals surface area contributed by atoms with Gasteiger partial charge in [0.2, 0.25) is 0 Å². The molecule has 0 amide bonds. The number of sulfone groups is 1. The number of nitrogens with zero attached hydrogens (tertiary/aromatic N) is 1. The van der Waals surface area contributed by atoms with Crippen molar-refractivity contribution >= 4 is 27.1 Å². The van der Waals surface area contributed by atoms with Crippen molar-refractivity contribution in [2.24, 2.45) is 0 Å². The van der Waals surface area contributed by atoms with E-state index in [4.69, 9.17) is 17.3 Å². The van der Waals surface area contributed by atoms with E-state index in [1.165, 1.54) is 18.2 Å². The minimum atomic E-state index is -3.47. The second-order valence-electron chi connectivity index (χ2n) is 3.80. The molecule has 0 aliphatic rings. The second-order valence-corrected chi connectivity index (χ2v) is 6.19. The van der Waals surface area contributed by atoms with Crippen LogP contribution in [0.2, 0.25) is 5.02 Å². The molecule has 0 aliphatic carbocycles. The van der Waals surface area contributed by atoms with Crippen LogP contribution in [-0.2, 0) is 15.6 Å². The van der Waals surface area contributed by atoms with Crippen molar-refractivity contribution in [3.63, 3.8) is 0 Å². The summed E-state index contributed by atoms with van der Waals surface area (Å²) in [6.07, 6.45) is 3.10. The van der Waals surface area contributed by atoms with E-state index in [-0.39, 0.29) is 16.3 Å². The van der Waals surface area contributed by atoms with Gasteiger partial charge < -0.3 is 5.73 Å². The molecule has 0 atom stereocenters. The number of pyridine rings is 1. The minimum absolute atomic E-state index is 0.101. The Labute approximate surface area is 110 Å². The van der Waals surface area contributed by atoms with Crippen LogP contribution in [0.25, 0.3) is 0 Å². The van der Waals surface area contributed by atoms with E-state index in [2.05, 4.69) is 4.98 Å². The maximum atomic E-state index is 12.2. The zero-order valence-electron chi connectivity index (χ0n) is 9.38. The molecule has 0 aliphatic heterocycles. The Kier molecular flexibility index (Phi) is 3.54. The molecule has 2 aromatic rings. The molecule has 2 rings (SSSR count). The smallest absolute Gasteiger partial charge is 0.184 e. The summed E-state index contributed by atoms with van der Waals surface area (Å²) in [6, 6.07) is 7.68. The van der Waals surface area contributed by atoms with Crippen LogP contribution in [0.15, 0.2) is 47.6 Å². The highest BCUT2D eigenvalue weighted by Gasteiger charge is 2.18. The van der Waals surface area contributed by atoms with Gasteiger partial charge in [-0.2, -0.15) is 0 Å². The van der Waals surface area contributed by atoms with Crippen molar-refractivity contribution in [1.82, 2.24) is 4.98 Å². The number of hydrogen-bond acceptors (Lipinski definition) is 4. The molecular weight excluding hydrogens is 272 g/mol. The molecule has 1 aromatic heterocycles. The molecule has 6 heteroatoms. The van der Waals surface area contributed by atoms with E-state index in [1.807, 2.05) is 0 Å². The molecule has 94 valence electrons. The van der Waals surface area contributed by atoms with E-state index in [0.717, 1.165) is 0 Å². The van der Waals surface area contributed by atoms with Gasteiger partial charge in [0.1, 0.15) is 0 Å². The molecule has 0 saturated carbocycles. The Morgan fingerprint density at radius 1 is 1.17 bits per heavy atom. The van der Waals surface area contributed by atoms with Gasteiger partial charge in [-0.05, 0) is 35.9 Å². The van der Waals surface area contributed by atoms with Gasteiger partial charge in [0.05, 0.1) is 16.3 Å². The van der Waals surface area contributed by atoms with Gasteiger partial charge >= 0.3 is 0 Å². The lowest BCUT2D eigenvalue weighted by molar-refractivity contribution is 0.595. The van der Waals surface area contributed by atoms with Crippen LogP contribution < -0.4 is 5.73 Å². The number of nitrogen functional groups attached to an aromatic ring is 1. The summed E-state index contributed by atoms with van der Waals surface area (Å²) in [4.78, 5) is 3.94. The number of aromatic nitrogens is 1. The number of anilines is 1. The first-order chi connectivity index (χ1) is 8.49. The third-order valence-electron chi connectivity index (χ3n) is 2.41. The fraction of sp³-hybridized carbons (Fsp3) is 0.0833. The average molecular weight is 283 g/mol. The Morgan fingerprint density at radius 2 is 1.83 bits per heavy atom. The lowest BCUT2D eigenvalue weighted by atomic mass is 10.3. The molecule has 0 unspecified atom stereocenters. The molecule has 0 saturated heterocycles. The number of rotatable bonds is 3. The fourth-order valence-corrected chi connectivity index (χ4v) is 3.24. The van der Waals surface area contributed by atoms with Crippen molar-refractivity contribution in [1.29, 1.82) is 0 Å². The average Bonchev–Trinajstić information content (AvgIpc) is 2.29. The van der Waals surface area contributed by atoms with Crippen molar-refractivity contribution in [2.45, 2.75) is 10.6 Å². The molecule has 0 spiro atoms. The summed E-state index contributed by atoms with van der Waals surface area (Å²) in [5, 5.41) is 0.412. The van der Waals surface area contributed by atoms with E-state index in [1.54, 1.807) is 24.5 Å². The highest BCUT2D eigenvalue weighted by atomic mass is 35.5. The molecule has 2 N–H and O–H groups in total. The van der Waals surface area contributed by atoms with Gasteiger partial charge in [-0.1, -0.05) is 11.6 Å². The topological polar surface area (TPSA) is 73.1 Å². The van der Waals surface area contributed by atoms with Crippen molar-refractivity contribution in [3.05, 3.63) is 53.3 Å². The highest BCUT2D eigenvalue weighted by molar-refractivity contribution is 7.90. The Bertz CT molecular complexity index is 657. The van der Waals surface area contributed by atoms with Crippen LogP contribution in [0.1, 0.15) is 5.56 Å². The van der Waals surface area contributed by atoms with Crippen molar-refractivity contribution < 1.29 is 8.42 Å². The second kappa shape index (κ2) is 4.96. The van der Waals surface area contributed by atoms with Gasteiger partial charge in [0.15, 0.2) is 9.84 Å². The summed E-state index contributed by atoms with van der Waals surface area (Å²) < 4.78 is 24.4. The lowest BCUT2D eigenvalue weighted by Gasteiger charge is -2.07. The first-order valence-corrected chi connectivity index (χ1v) is 7.19. The highest BCUT2D eigenvalue weighted by Crippen LogP contribution is 2.25. The lowest BCUT2D eigenvalue weighted by Crippen LogP contribution is -2.07. The third kappa shape index (κ3) is 2.80. The standard InChI is InChI=1S/C12H11ClN2O2S/c13-10-1-2-12(11(14)7-10)18(16,17)8-9-3-5-15-6-4-9/h1-7H,8,14H2. The zero-order chi connectivity index (χ0) is 13.2. The molecule has 0 fully saturated rings. The number of halogens is 1. The first-order valence-electron chi connectivity index (χ1n) is 5.16. The summed E-state index contributed by atoms with van der Waals surface area (Å²) in [5.41, 5.74) is 6.51. The quantitative estimate of drug-likeness (QED) is 0.877. The number of nitrogens with two attached hydrogens (primary N) is 1. The molecule has 18 heavy (non-hydrogen) atoms. The predicted octanol–water partition coefficient (Wildman–Crippen LogP) is 2.29. The number of hydrogen-bond donors (Lipinski definition) is 1. The first kappa shape index (κ1) is 12.9. The Balaban J connectivity index is 2.37. The molecule has 0 bridgehead atoms. The molecule has 4 nitrogen and oxygen atoms in total. The normalized spacial score (nSPS) is 11.4. The summed E-state index contributed by atoms with van der Waals surface area (Å²) in [6.45, 7) is 0. The van der Waals surface area contributed by atoms with Crippen LogP contribution in [-0.4, -0.2) is 13.4 Å². The van der Waals surface area contributed by atoms with Crippen LogP contribution in [0.5, 0.6) is 0 Å². The third-order valence-corrected chi connectivity index (χ3v) is 4.40. The van der Waals surface area contributed by atoms with E-state index in [9.17, 15) is 8.42 Å². The fourth-order valence-electron chi connectivity index (χ4n) is 1.58. The zero-order valence-corrected chi connectivity index (χ0v) is 10.9. The molecule has 1 aromatic carbocycles. The largest absolute Gasteiger partial charge is 0.398 e. The van der Waals surface area contributed by atoms with Gasteiger partial charge in [-0.25, -0.2) is 8.42 Å². The molecule has 0 radical (unpaired) electrons. The van der Waals surface area contributed by atoms with Gasteiger partial charge in [0, 0.05) is 17.4 Å². The van der Waals surface area contributed by atoms with E-state index >= 15 is 0 Å². The van der Waals surface area contributed by atoms with Gasteiger partial charge in [-0.15, -0.1) is 0 Å². The van der Waals surface area contributed by atoms with Crippen LogP contribution in [0.3, 0.4) is 0 Å². The molecule has 1 heterocycles. The Morgan fingerprint density at radius 3 is 2.44 bits per heavy atom. The van der Waals surface area contributed by atoms with Crippen LogP contribution in [0, 0.1) is 0 Å². The monoisotopic (exact) mass is 282 g/mol. The van der Waals surface area contributed by atoms with Crippen LogP contribution >= 0.6 is 11.6 Å². The van der Waals surface area contributed by atoms with Gasteiger partial charge in [0.25, 0.3) is 0 Å². The SMILES string of the molecule is Nc1cc(Cl)ccc1S(=O)(=O)Cc1ccncc1. The van der Waals surface area contributed by atoms with E-state index in [0.29, 0.717) is 10.6 Å². The Hall–Kier alpha value is -1.59. The summed E-state index contributed by atoms with van der Waals surface area (Å²) in [7, 11) is -3.47. The minimum Gasteiger partial charge on any atom is -0.398 e. The maximum Gasteiger partial charge on any atom is 0.184 e. The maximum absolute atomic E-state index is 12.2.